The Morgan fingerprint density at radius 3 is 2.33 bits per heavy atom. The first-order valence-corrected chi connectivity index (χ1v) is 11.6. The molecule has 4 rings (SSSR count). The molecule has 0 saturated heterocycles. The minimum Gasteiger partial charge on any atom is -0.497 e. The molecule has 0 aliphatic heterocycles. The van der Waals surface area contributed by atoms with Crippen LogP contribution in [0.15, 0.2) is 66.7 Å². The largest absolute Gasteiger partial charge is 0.497 e. The second kappa shape index (κ2) is 10.9. The number of aromatic nitrogens is 1. The Bertz CT molecular complexity index is 1390. The number of benzene rings is 3. The van der Waals surface area contributed by atoms with Crippen molar-refractivity contribution in [2.75, 3.05) is 25.6 Å². The van der Waals surface area contributed by atoms with Gasteiger partial charge in [-0.2, -0.15) is 0 Å². The number of methoxy groups -OCH3 is 1. The van der Waals surface area contributed by atoms with E-state index in [0.29, 0.717) is 27.9 Å². The standard InChI is InChI=1S/C29H28N2O5/c1-5-35-29(33)21-11-14-24-23(15-21)26(16-25(30-24)20-9-12-22(34-4)13-10-20)36-17-27(32)31-28-18(2)7-6-8-19(28)3/h6-16H,5,17H2,1-4H3,(H,31,32). The van der Waals surface area contributed by atoms with Crippen LogP contribution in [0.1, 0.15) is 28.4 Å². The van der Waals surface area contributed by atoms with Crippen molar-refractivity contribution in [2.24, 2.45) is 0 Å². The fourth-order valence-electron chi connectivity index (χ4n) is 3.90. The number of ether oxygens (including phenoxy) is 3. The molecule has 1 aromatic heterocycles. The molecule has 0 atom stereocenters. The first-order chi connectivity index (χ1) is 17.4. The molecule has 1 N–H and O–H groups in total. The number of aryl methyl sites for hydroxylation is 2. The summed E-state index contributed by atoms with van der Waals surface area (Å²) in [6, 6.07) is 20.2. The van der Waals surface area contributed by atoms with Crippen molar-refractivity contribution in [1.29, 1.82) is 0 Å². The van der Waals surface area contributed by atoms with E-state index in [-0.39, 0.29) is 19.1 Å². The minimum atomic E-state index is -0.433. The molecule has 36 heavy (non-hydrogen) atoms. The summed E-state index contributed by atoms with van der Waals surface area (Å²) in [5, 5.41) is 3.54. The Morgan fingerprint density at radius 1 is 0.944 bits per heavy atom. The molecule has 0 fully saturated rings. The predicted octanol–water partition coefficient (Wildman–Crippen LogP) is 5.72. The van der Waals surface area contributed by atoms with Crippen LogP contribution in [-0.4, -0.2) is 37.2 Å². The molecule has 1 amide bonds. The molecular formula is C29H28N2O5. The van der Waals surface area contributed by atoms with E-state index in [1.54, 1.807) is 38.3 Å². The summed E-state index contributed by atoms with van der Waals surface area (Å²) in [4.78, 5) is 29.8. The van der Waals surface area contributed by atoms with Crippen LogP contribution in [-0.2, 0) is 9.53 Å². The second-order valence-corrected chi connectivity index (χ2v) is 8.29. The summed E-state index contributed by atoms with van der Waals surface area (Å²) in [5.41, 5.74) is 5.25. The third kappa shape index (κ3) is 5.46. The van der Waals surface area contributed by atoms with Crippen LogP contribution in [0.25, 0.3) is 22.2 Å². The number of fused-ring (bicyclic) bond motifs is 1. The summed E-state index contributed by atoms with van der Waals surface area (Å²) in [5.74, 6) is 0.453. The smallest absolute Gasteiger partial charge is 0.338 e. The zero-order valence-corrected chi connectivity index (χ0v) is 20.8. The Kier molecular flexibility index (Phi) is 7.49. The highest BCUT2D eigenvalue weighted by atomic mass is 16.5. The average molecular weight is 485 g/mol. The van der Waals surface area contributed by atoms with Gasteiger partial charge >= 0.3 is 5.97 Å². The number of anilines is 1. The highest BCUT2D eigenvalue weighted by Crippen LogP contribution is 2.32. The van der Waals surface area contributed by atoms with E-state index < -0.39 is 5.97 Å². The number of hydrogen-bond donors (Lipinski definition) is 1. The molecule has 7 nitrogen and oxygen atoms in total. The lowest BCUT2D eigenvalue weighted by Crippen LogP contribution is -2.21. The molecule has 0 unspecified atom stereocenters. The Hall–Kier alpha value is -4.39. The van der Waals surface area contributed by atoms with Gasteiger partial charge < -0.3 is 19.5 Å². The lowest BCUT2D eigenvalue weighted by molar-refractivity contribution is -0.118. The number of amides is 1. The zero-order valence-electron chi connectivity index (χ0n) is 20.8. The maximum atomic E-state index is 12.8. The van der Waals surface area contributed by atoms with Gasteiger partial charge in [-0.05, 0) is 74.4 Å². The minimum absolute atomic E-state index is 0.210. The second-order valence-electron chi connectivity index (χ2n) is 8.29. The topological polar surface area (TPSA) is 86.8 Å². The normalized spacial score (nSPS) is 10.7. The molecule has 4 aromatic rings. The van der Waals surface area contributed by atoms with Crippen LogP contribution in [0.2, 0.25) is 0 Å². The fourth-order valence-corrected chi connectivity index (χ4v) is 3.90. The van der Waals surface area contributed by atoms with Crippen LogP contribution < -0.4 is 14.8 Å². The van der Waals surface area contributed by atoms with Crippen LogP contribution in [0.3, 0.4) is 0 Å². The summed E-state index contributed by atoms with van der Waals surface area (Å²) in [6.07, 6.45) is 0. The van der Waals surface area contributed by atoms with Gasteiger partial charge in [-0.25, -0.2) is 9.78 Å². The lowest BCUT2D eigenvalue weighted by atomic mass is 10.1. The third-order valence-electron chi connectivity index (χ3n) is 5.77. The number of hydrogen-bond acceptors (Lipinski definition) is 6. The van der Waals surface area contributed by atoms with Crippen molar-refractivity contribution in [3.8, 4) is 22.8 Å². The van der Waals surface area contributed by atoms with Crippen LogP contribution in [0, 0.1) is 13.8 Å². The highest BCUT2D eigenvalue weighted by molar-refractivity contribution is 5.98. The van der Waals surface area contributed by atoms with E-state index >= 15 is 0 Å². The Balaban J connectivity index is 1.68. The number of rotatable bonds is 8. The van der Waals surface area contributed by atoms with Gasteiger partial charge in [-0.3, -0.25) is 4.79 Å². The first kappa shape index (κ1) is 24.7. The van der Waals surface area contributed by atoms with E-state index in [0.717, 1.165) is 28.1 Å². The maximum absolute atomic E-state index is 12.8. The molecule has 0 bridgehead atoms. The van der Waals surface area contributed by atoms with E-state index in [9.17, 15) is 9.59 Å². The molecule has 0 aliphatic carbocycles. The van der Waals surface area contributed by atoms with Gasteiger partial charge in [0.2, 0.25) is 0 Å². The number of nitrogens with zero attached hydrogens (tertiary/aromatic N) is 1. The summed E-state index contributed by atoms with van der Waals surface area (Å²) < 4.78 is 16.4. The maximum Gasteiger partial charge on any atom is 0.338 e. The number of nitrogens with one attached hydrogen (secondary N) is 1. The van der Waals surface area contributed by atoms with Crippen molar-refractivity contribution in [3.63, 3.8) is 0 Å². The first-order valence-electron chi connectivity index (χ1n) is 11.6. The Morgan fingerprint density at radius 2 is 1.67 bits per heavy atom. The van der Waals surface area contributed by atoms with E-state index in [1.807, 2.05) is 56.3 Å². The number of carbonyl (C=O) groups is 2. The van der Waals surface area contributed by atoms with E-state index in [1.165, 1.54) is 0 Å². The molecule has 0 aliphatic rings. The predicted molar refractivity (Wildman–Crippen MR) is 140 cm³/mol. The van der Waals surface area contributed by atoms with Crippen LogP contribution >= 0.6 is 0 Å². The van der Waals surface area contributed by atoms with Gasteiger partial charge in [0.25, 0.3) is 5.91 Å². The summed E-state index contributed by atoms with van der Waals surface area (Å²) in [6.45, 7) is 5.70. The molecule has 0 spiro atoms. The summed E-state index contributed by atoms with van der Waals surface area (Å²) >= 11 is 0. The molecule has 1 heterocycles. The molecular weight excluding hydrogens is 456 g/mol. The van der Waals surface area contributed by atoms with Crippen LogP contribution in [0.4, 0.5) is 5.69 Å². The van der Waals surface area contributed by atoms with Crippen molar-refractivity contribution in [3.05, 3.63) is 83.4 Å². The number of carbonyl (C=O) groups excluding carboxylic acids is 2. The van der Waals surface area contributed by atoms with Gasteiger partial charge in [-0.15, -0.1) is 0 Å². The SMILES string of the molecule is CCOC(=O)c1ccc2nc(-c3ccc(OC)cc3)cc(OCC(=O)Nc3c(C)cccc3C)c2c1. The highest BCUT2D eigenvalue weighted by Gasteiger charge is 2.15. The van der Waals surface area contributed by atoms with Crippen molar-refractivity contribution >= 4 is 28.5 Å². The van der Waals surface area contributed by atoms with Crippen molar-refractivity contribution in [1.82, 2.24) is 4.98 Å². The fraction of sp³-hybridized carbons (Fsp3) is 0.207. The van der Waals surface area contributed by atoms with Crippen LogP contribution in [0.5, 0.6) is 11.5 Å². The van der Waals surface area contributed by atoms with Gasteiger partial charge in [0.1, 0.15) is 11.5 Å². The zero-order chi connectivity index (χ0) is 25.7. The molecule has 0 radical (unpaired) electrons. The van der Waals surface area contributed by atoms with Gasteiger partial charge in [0, 0.05) is 22.7 Å². The average Bonchev–Trinajstić information content (AvgIpc) is 2.89. The monoisotopic (exact) mass is 484 g/mol. The molecule has 0 saturated carbocycles. The van der Waals surface area contributed by atoms with E-state index in [4.69, 9.17) is 19.2 Å². The van der Waals surface area contributed by atoms with E-state index in [2.05, 4.69) is 5.32 Å². The lowest BCUT2D eigenvalue weighted by Gasteiger charge is -2.14. The van der Waals surface area contributed by atoms with Crippen molar-refractivity contribution < 1.29 is 23.8 Å². The summed E-state index contributed by atoms with van der Waals surface area (Å²) in [7, 11) is 1.61. The van der Waals surface area contributed by atoms with Crippen molar-refractivity contribution in [2.45, 2.75) is 20.8 Å². The van der Waals surface area contributed by atoms with Gasteiger partial charge in [-0.1, -0.05) is 18.2 Å². The number of pyridine rings is 1. The quantitative estimate of drug-likeness (QED) is 0.322. The third-order valence-corrected chi connectivity index (χ3v) is 5.77. The van der Waals surface area contributed by atoms with Gasteiger partial charge in [0.15, 0.2) is 6.61 Å². The van der Waals surface area contributed by atoms with Gasteiger partial charge in [0.05, 0.1) is 30.5 Å². The number of para-hydroxylation sites is 1. The molecule has 7 heteroatoms. The molecule has 3 aromatic carbocycles. The number of esters is 1. The molecule has 184 valence electrons. The Labute approximate surface area is 210 Å².